The summed E-state index contributed by atoms with van der Waals surface area (Å²) in [5.74, 6) is -1.86. The van der Waals surface area contributed by atoms with Gasteiger partial charge in [-0.25, -0.2) is 4.79 Å². The van der Waals surface area contributed by atoms with E-state index in [9.17, 15) is 19.5 Å². The van der Waals surface area contributed by atoms with E-state index in [0.717, 1.165) is 16.9 Å². The van der Waals surface area contributed by atoms with Crippen molar-refractivity contribution in [3.05, 3.63) is 16.5 Å². The van der Waals surface area contributed by atoms with E-state index < -0.39 is 17.4 Å². The molecule has 0 aromatic carbocycles. The summed E-state index contributed by atoms with van der Waals surface area (Å²) in [6, 6.07) is 1.71. The molecule has 1 aromatic heterocycles. The molecule has 0 unspecified atom stereocenters. The minimum atomic E-state index is -1.17. The molecule has 1 atom stereocenters. The molecule has 1 rings (SSSR count). The number of hydrogen-bond acceptors (Lipinski definition) is 6. The fourth-order valence-electron chi connectivity index (χ4n) is 2.17. The molecule has 0 saturated carbocycles. The lowest BCUT2D eigenvalue weighted by molar-refractivity contribution is -0.308. The number of aliphatic carboxylic acids is 1. The largest absolute Gasteiger partial charge is 0.550 e. The zero-order valence-corrected chi connectivity index (χ0v) is 14.7. The van der Waals surface area contributed by atoms with Crippen LogP contribution in [-0.4, -0.2) is 24.5 Å². The highest BCUT2D eigenvalue weighted by Crippen LogP contribution is 2.32. The lowest BCUT2D eigenvalue weighted by Gasteiger charge is -2.27. The first-order valence-corrected chi connectivity index (χ1v) is 8.29. The highest BCUT2D eigenvalue weighted by Gasteiger charge is 2.26. The number of aryl methyl sites for hydroxylation is 1. The molecule has 1 aromatic rings. The number of rotatable bonds is 8. The van der Waals surface area contributed by atoms with Gasteiger partial charge in [0.1, 0.15) is 4.88 Å². The predicted molar refractivity (Wildman–Crippen MR) is 86.3 cm³/mol. The molecule has 23 heavy (non-hydrogen) atoms. The number of carboxylic acids is 1. The molecular weight excluding hydrogens is 318 g/mol. The SMILES string of the molecule is CCOC(=O)c1sc(NC(=O)C[C@@](C)(CC)CC(=O)[O-])cc1C. The van der Waals surface area contributed by atoms with Crippen molar-refractivity contribution in [3.63, 3.8) is 0 Å². The van der Waals surface area contributed by atoms with Gasteiger partial charge in [-0.2, -0.15) is 0 Å². The fourth-order valence-corrected chi connectivity index (χ4v) is 3.16. The van der Waals surface area contributed by atoms with Crippen LogP contribution < -0.4 is 10.4 Å². The summed E-state index contributed by atoms with van der Waals surface area (Å²) in [6.07, 6.45) is 0.448. The smallest absolute Gasteiger partial charge is 0.348 e. The van der Waals surface area contributed by atoms with E-state index in [1.54, 1.807) is 26.8 Å². The van der Waals surface area contributed by atoms with Crippen molar-refractivity contribution in [1.82, 2.24) is 0 Å². The van der Waals surface area contributed by atoms with Crippen LogP contribution in [0.2, 0.25) is 0 Å². The maximum absolute atomic E-state index is 12.2. The van der Waals surface area contributed by atoms with E-state index in [2.05, 4.69) is 5.32 Å². The number of carbonyl (C=O) groups is 3. The van der Waals surface area contributed by atoms with Gasteiger partial charge in [0.05, 0.1) is 11.6 Å². The number of anilines is 1. The van der Waals surface area contributed by atoms with E-state index in [1.165, 1.54) is 0 Å². The first-order chi connectivity index (χ1) is 10.7. The number of hydrogen-bond donors (Lipinski definition) is 1. The molecule has 6 nitrogen and oxygen atoms in total. The Bertz CT molecular complexity index is 595. The number of carbonyl (C=O) groups excluding carboxylic acids is 3. The Balaban J connectivity index is 2.76. The third kappa shape index (κ3) is 5.67. The molecule has 0 fully saturated rings. The Morgan fingerprint density at radius 2 is 1.96 bits per heavy atom. The van der Waals surface area contributed by atoms with Crippen LogP contribution in [0, 0.1) is 12.3 Å². The summed E-state index contributed by atoms with van der Waals surface area (Å²) in [5.41, 5.74) is 0.0795. The summed E-state index contributed by atoms with van der Waals surface area (Å²) < 4.78 is 4.96. The van der Waals surface area contributed by atoms with Crippen molar-refractivity contribution >= 4 is 34.2 Å². The van der Waals surface area contributed by atoms with Gasteiger partial charge in [0.15, 0.2) is 0 Å². The Morgan fingerprint density at radius 1 is 1.30 bits per heavy atom. The van der Waals surface area contributed by atoms with Crippen molar-refractivity contribution in [1.29, 1.82) is 0 Å². The summed E-state index contributed by atoms with van der Waals surface area (Å²) >= 11 is 1.15. The molecule has 1 N–H and O–H groups in total. The van der Waals surface area contributed by atoms with Gasteiger partial charge in [0, 0.05) is 12.4 Å². The maximum atomic E-state index is 12.2. The van der Waals surface area contributed by atoms with E-state index in [4.69, 9.17) is 4.74 Å². The van der Waals surface area contributed by atoms with E-state index in [-0.39, 0.29) is 25.4 Å². The second-order valence-corrected chi connectivity index (χ2v) is 6.83. The van der Waals surface area contributed by atoms with Crippen molar-refractivity contribution in [2.24, 2.45) is 5.41 Å². The fraction of sp³-hybridized carbons (Fsp3) is 0.562. The second-order valence-electron chi connectivity index (χ2n) is 5.78. The lowest BCUT2D eigenvalue weighted by Crippen LogP contribution is -2.33. The molecule has 1 heterocycles. The number of amides is 1. The lowest BCUT2D eigenvalue weighted by atomic mass is 9.80. The molecule has 128 valence electrons. The van der Waals surface area contributed by atoms with E-state index in [0.29, 0.717) is 16.3 Å². The zero-order chi connectivity index (χ0) is 17.6. The Kier molecular flexibility index (Phi) is 6.75. The normalized spacial score (nSPS) is 13.2. The summed E-state index contributed by atoms with van der Waals surface area (Å²) in [6.45, 7) is 7.36. The average Bonchev–Trinajstić information content (AvgIpc) is 2.78. The van der Waals surface area contributed by atoms with Gasteiger partial charge in [0.2, 0.25) is 5.91 Å². The first kappa shape index (κ1) is 19.2. The maximum Gasteiger partial charge on any atom is 0.348 e. The number of esters is 1. The van der Waals surface area contributed by atoms with Crippen LogP contribution in [0.3, 0.4) is 0 Å². The van der Waals surface area contributed by atoms with Gasteiger partial charge in [-0.3, -0.25) is 4.79 Å². The van der Waals surface area contributed by atoms with Gasteiger partial charge in [0.25, 0.3) is 0 Å². The van der Waals surface area contributed by atoms with Crippen LogP contribution in [0.4, 0.5) is 5.00 Å². The molecule has 0 radical (unpaired) electrons. The van der Waals surface area contributed by atoms with Gasteiger partial charge in [-0.05, 0) is 43.7 Å². The number of ether oxygens (including phenoxy) is 1. The van der Waals surface area contributed by atoms with Crippen LogP contribution in [0.1, 0.15) is 55.3 Å². The Hall–Kier alpha value is -1.89. The highest BCUT2D eigenvalue weighted by atomic mass is 32.1. The second kappa shape index (κ2) is 8.10. The standard InChI is InChI=1S/C16H23NO5S/c1-5-16(4,9-13(19)20)8-11(18)17-12-7-10(3)14(23-12)15(21)22-6-2/h7H,5-6,8-9H2,1-4H3,(H,17,18)(H,19,20)/p-1/t16-/m1/s1. The third-order valence-electron chi connectivity index (χ3n) is 3.65. The van der Waals surface area contributed by atoms with Gasteiger partial charge in [-0.1, -0.05) is 13.8 Å². The predicted octanol–water partition coefficient (Wildman–Crippen LogP) is 2.12. The van der Waals surface area contributed by atoms with Crippen LogP contribution in [0.15, 0.2) is 6.07 Å². The average molecular weight is 340 g/mol. The van der Waals surface area contributed by atoms with E-state index >= 15 is 0 Å². The third-order valence-corrected chi connectivity index (χ3v) is 4.79. The first-order valence-electron chi connectivity index (χ1n) is 7.48. The van der Waals surface area contributed by atoms with Crippen molar-refractivity contribution in [3.8, 4) is 0 Å². The summed E-state index contributed by atoms with van der Waals surface area (Å²) in [5, 5.41) is 14.1. The molecule has 7 heteroatoms. The summed E-state index contributed by atoms with van der Waals surface area (Å²) in [4.78, 5) is 35.2. The van der Waals surface area contributed by atoms with Crippen LogP contribution in [0.5, 0.6) is 0 Å². The quantitative estimate of drug-likeness (QED) is 0.731. The molecule has 0 spiro atoms. The zero-order valence-electron chi connectivity index (χ0n) is 13.9. The summed E-state index contributed by atoms with van der Waals surface area (Å²) in [7, 11) is 0. The highest BCUT2D eigenvalue weighted by molar-refractivity contribution is 7.18. The van der Waals surface area contributed by atoms with Crippen molar-refractivity contribution in [2.75, 3.05) is 11.9 Å². The number of nitrogens with one attached hydrogen (secondary N) is 1. The number of thiophene rings is 1. The Labute approximate surface area is 139 Å². The molecule has 0 aliphatic carbocycles. The minimum absolute atomic E-state index is 0.0726. The Morgan fingerprint density at radius 3 is 2.48 bits per heavy atom. The van der Waals surface area contributed by atoms with Crippen LogP contribution >= 0.6 is 11.3 Å². The van der Waals surface area contributed by atoms with Crippen LogP contribution in [-0.2, 0) is 14.3 Å². The molecule has 0 aliphatic heterocycles. The molecule has 0 bridgehead atoms. The molecule has 0 aliphatic rings. The number of carboxylic acid groups (broad SMARTS) is 1. The van der Waals surface area contributed by atoms with Crippen molar-refractivity contribution < 1.29 is 24.2 Å². The topological polar surface area (TPSA) is 95.5 Å². The molecule has 1 amide bonds. The van der Waals surface area contributed by atoms with Crippen molar-refractivity contribution in [2.45, 2.75) is 47.0 Å². The monoisotopic (exact) mass is 340 g/mol. The molecular formula is C16H22NO5S-. The van der Waals surface area contributed by atoms with Crippen LogP contribution in [0.25, 0.3) is 0 Å². The van der Waals surface area contributed by atoms with Gasteiger partial charge >= 0.3 is 5.97 Å². The van der Waals surface area contributed by atoms with E-state index in [1.807, 2.05) is 6.92 Å². The minimum Gasteiger partial charge on any atom is -0.550 e. The molecule has 0 saturated heterocycles. The van der Waals surface area contributed by atoms with Gasteiger partial charge in [-0.15, -0.1) is 11.3 Å². The van der Waals surface area contributed by atoms with Gasteiger partial charge < -0.3 is 20.0 Å².